The van der Waals surface area contributed by atoms with Crippen LogP contribution in [-0.4, -0.2) is 34.4 Å². The van der Waals surface area contributed by atoms with E-state index in [0.717, 1.165) is 36.5 Å². The highest BCUT2D eigenvalue weighted by atomic mass is 16.5. The maximum atomic E-state index is 12.1. The number of nitrogens with zero attached hydrogens (tertiary/aromatic N) is 3. The van der Waals surface area contributed by atoms with E-state index in [4.69, 9.17) is 9.47 Å². The quantitative estimate of drug-likeness (QED) is 0.658. The molecule has 1 aromatic heterocycles. The molecule has 0 fully saturated rings. The fraction of sp³-hybridized carbons (Fsp3) is 0.364. The Morgan fingerprint density at radius 1 is 1.04 bits per heavy atom. The molecule has 2 aromatic carbocycles. The van der Waals surface area contributed by atoms with Crippen LogP contribution in [0.1, 0.15) is 25.0 Å². The Labute approximate surface area is 164 Å². The van der Waals surface area contributed by atoms with Gasteiger partial charge in [0.25, 0.3) is 0 Å². The third-order valence-electron chi connectivity index (χ3n) is 5.05. The van der Waals surface area contributed by atoms with Crippen LogP contribution in [0.2, 0.25) is 0 Å². The topological polar surface area (TPSA) is 56.6 Å². The SMILES string of the molecule is CCOc1cc2c(cc1OCC)CN(Cn1ncc(=O)c3ccccc31)CC2. The largest absolute Gasteiger partial charge is 0.490 e. The van der Waals surface area contributed by atoms with Crippen molar-refractivity contribution in [2.45, 2.75) is 33.5 Å². The van der Waals surface area contributed by atoms with Crippen molar-refractivity contribution >= 4 is 10.9 Å². The third kappa shape index (κ3) is 3.60. The Bertz CT molecular complexity index is 1040. The van der Waals surface area contributed by atoms with Gasteiger partial charge in [-0.1, -0.05) is 12.1 Å². The molecule has 4 rings (SSSR count). The van der Waals surface area contributed by atoms with Crippen molar-refractivity contribution in [1.29, 1.82) is 0 Å². The van der Waals surface area contributed by atoms with Gasteiger partial charge in [-0.3, -0.25) is 14.4 Å². The first kappa shape index (κ1) is 18.5. The predicted molar refractivity (Wildman–Crippen MR) is 109 cm³/mol. The fourth-order valence-corrected chi connectivity index (χ4v) is 3.74. The summed E-state index contributed by atoms with van der Waals surface area (Å²) in [5, 5.41) is 5.06. The van der Waals surface area contributed by atoms with Crippen LogP contribution < -0.4 is 14.9 Å². The molecule has 2 heterocycles. The first-order valence-electron chi connectivity index (χ1n) is 9.78. The molecule has 0 radical (unpaired) electrons. The predicted octanol–water partition coefficient (Wildman–Crippen LogP) is 3.21. The summed E-state index contributed by atoms with van der Waals surface area (Å²) in [5.74, 6) is 1.63. The van der Waals surface area contributed by atoms with E-state index in [1.807, 2.05) is 42.8 Å². The number of fused-ring (bicyclic) bond motifs is 2. The molecular weight excluding hydrogens is 354 g/mol. The van der Waals surface area contributed by atoms with Crippen LogP contribution in [0.15, 0.2) is 47.4 Å². The second-order valence-corrected chi connectivity index (χ2v) is 6.90. The molecule has 0 amide bonds. The molecule has 28 heavy (non-hydrogen) atoms. The van der Waals surface area contributed by atoms with Crippen molar-refractivity contribution in [3.05, 3.63) is 63.9 Å². The second-order valence-electron chi connectivity index (χ2n) is 6.90. The van der Waals surface area contributed by atoms with E-state index < -0.39 is 0 Å². The third-order valence-corrected chi connectivity index (χ3v) is 5.05. The molecule has 1 aliphatic heterocycles. The maximum absolute atomic E-state index is 12.1. The Hall–Kier alpha value is -2.86. The van der Waals surface area contributed by atoms with Crippen LogP contribution >= 0.6 is 0 Å². The molecule has 1 aliphatic rings. The van der Waals surface area contributed by atoms with Gasteiger partial charge in [-0.25, -0.2) is 0 Å². The molecule has 6 heteroatoms. The number of hydrogen-bond donors (Lipinski definition) is 0. The highest BCUT2D eigenvalue weighted by Gasteiger charge is 2.20. The minimum Gasteiger partial charge on any atom is -0.490 e. The monoisotopic (exact) mass is 379 g/mol. The first-order chi connectivity index (χ1) is 13.7. The fourth-order valence-electron chi connectivity index (χ4n) is 3.74. The Balaban J connectivity index is 1.60. The van der Waals surface area contributed by atoms with Crippen LogP contribution in [0.3, 0.4) is 0 Å². The molecule has 0 aliphatic carbocycles. The van der Waals surface area contributed by atoms with Crippen molar-refractivity contribution in [2.75, 3.05) is 19.8 Å². The molecule has 0 bridgehead atoms. The van der Waals surface area contributed by atoms with Gasteiger partial charge in [0.1, 0.15) is 0 Å². The number of para-hydroxylation sites is 1. The van der Waals surface area contributed by atoms with Gasteiger partial charge in [-0.05, 0) is 55.7 Å². The second kappa shape index (κ2) is 8.02. The molecule has 0 spiro atoms. The number of aromatic nitrogens is 2. The van der Waals surface area contributed by atoms with E-state index in [1.165, 1.54) is 17.3 Å². The van der Waals surface area contributed by atoms with E-state index >= 15 is 0 Å². The lowest BCUT2D eigenvalue weighted by atomic mass is 9.99. The highest BCUT2D eigenvalue weighted by Crippen LogP contribution is 2.34. The normalized spacial score (nSPS) is 14.1. The summed E-state index contributed by atoms with van der Waals surface area (Å²) in [6, 6.07) is 11.8. The van der Waals surface area contributed by atoms with Crippen molar-refractivity contribution in [3.63, 3.8) is 0 Å². The van der Waals surface area contributed by atoms with Crippen molar-refractivity contribution in [3.8, 4) is 11.5 Å². The molecule has 0 unspecified atom stereocenters. The van der Waals surface area contributed by atoms with Gasteiger partial charge in [0.05, 0.1) is 31.6 Å². The molecule has 146 valence electrons. The van der Waals surface area contributed by atoms with Crippen molar-refractivity contribution < 1.29 is 9.47 Å². The zero-order chi connectivity index (χ0) is 19.5. The maximum Gasteiger partial charge on any atom is 0.207 e. The lowest BCUT2D eigenvalue weighted by molar-refractivity contribution is 0.191. The average Bonchev–Trinajstić information content (AvgIpc) is 2.71. The molecule has 0 N–H and O–H groups in total. The summed E-state index contributed by atoms with van der Waals surface area (Å²) in [5.41, 5.74) is 3.38. The van der Waals surface area contributed by atoms with Gasteiger partial charge >= 0.3 is 0 Å². The summed E-state index contributed by atoms with van der Waals surface area (Å²) in [7, 11) is 0. The zero-order valence-corrected chi connectivity index (χ0v) is 16.4. The molecule has 0 saturated heterocycles. The smallest absolute Gasteiger partial charge is 0.207 e. The van der Waals surface area contributed by atoms with Crippen molar-refractivity contribution in [2.24, 2.45) is 0 Å². The van der Waals surface area contributed by atoms with Crippen LogP contribution in [0.4, 0.5) is 0 Å². The Morgan fingerprint density at radius 2 is 1.75 bits per heavy atom. The number of ether oxygens (including phenoxy) is 2. The van der Waals surface area contributed by atoms with E-state index in [9.17, 15) is 4.79 Å². The molecule has 0 saturated carbocycles. The number of benzene rings is 2. The Kier molecular flexibility index (Phi) is 5.30. The van der Waals surface area contributed by atoms with Crippen LogP contribution in [-0.2, 0) is 19.6 Å². The summed E-state index contributed by atoms with van der Waals surface area (Å²) in [4.78, 5) is 14.4. The summed E-state index contributed by atoms with van der Waals surface area (Å²) in [6.07, 6.45) is 2.35. The lowest BCUT2D eigenvalue weighted by Crippen LogP contribution is -2.33. The molecule has 6 nitrogen and oxygen atoms in total. The van der Waals surface area contributed by atoms with Gasteiger partial charge < -0.3 is 9.47 Å². The minimum atomic E-state index is -0.0411. The molecule has 3 aromatic rings. The van der Waals surface area contributed by atoms with Crippen LogP contribution in [0.5, 0.6) is 11.5 Å². The summed E-state index contributed by atoms with van der Waals surface area (Å²) < 4.78 is 13.4. The van der Waals surface area contributed by atoms with E-state index in [0.29, 0.717) is 25.3 Å². The lowest BCUT2D eigenvalue weighted by Gasteiger charge is -2.30. The average molecular weight is 379 g/mol. The number of hydrogen-bond acceptors (Lipinski definition) is 5. The van der Waals surface area contributed by atoms with Crippen LogP contribution in [0.25, 0.3) is 10.9 Å². The summed E-state index contributed by atoms with van der Waals surface area (Å²) >= 11 is 0. The summed E-state index contributed by atoms with van der Waals surface area (Å²) in [6.45, 7) is 7.56. The number of rotatable bonds is 6. The van der Waals surface area contributed by atoms with E-state index in [1.54, 1.807) is 0 Å². The van der Waals surface area contributed by atoms with Gasteiger partial charge in [0, 0.05) is 18.5 Å². The van der Waals surface area contributed by atoms with Gasteiger partial charge in [0.2, 0.25) is 5.43 Å². The highest BCUT2D eigenvalue weighted by molar-refractivity contribution is 5.77. The Morgan fingerprint density at radius 3 is 2.50 bits per heavy atom. The standard InChI is InChI=1S/C22H25N3O3/c1-3-27-21-11-16-9-10-24(14-17(16)12-22(21)28-4-2)15-25-19-8-6-5-7-18(19)20(26)13-23-25/h5-8,11-13H,3-4,9-10,14-15H2,1-2H3. The molecular formula is C22H25N3O3. The van der Waals surface area contributed by atoms with Gasteiger partial charge in [-0.2, -0.15) is 5.10 Å². The zero-order valence-electron chi connectivity index (χ0n) is 16.4. The molecule has 0 atom stereocenters. The van der Waals surface area contributed by atoms with E-state index in [-0.39, 0.29) is 5.43 Å². The minimum absolute atomic E-state index is 0.0411. The van der Waals surface area contributed by atoms with Gasteiger partial charge in [0.15, 0.2) is 11.5 Å². The van der Waals surface area contributed by atoms with Gasteiger partial charge in [-0.15, -0.1) is 0 Å². The van der Waals surface area contributed by atoms with Crippen molar-refractivity contribution in [1.82, 2.24) is 14.7 Å². The van der Waals surface area contributed by atoms with E-state index in [2.05, 4.69) is 22.1 Å². The first-order valence-corrected chi connectivity index (χ1v) is 9.78. The van der Waals surface area contributed by atoms with Crippen LogP contribution in [0, 0.1) is 0 Å².